The Hall–Kier alpha value is -1.34. The van der Waals surface area contributed by atoms with E-state index in [9.17, 15) is 13.2 Å². The van der Waals surface area contributed by atoms with Gasteiger partial charge in [-0.3, -0.25) is 4.79 Å². The van der Waals surface area contributed by atoms with Gasteiger partial charge in [0.25, 0.3) is 0 Å². The zero-order valence-electron chi connectivity index (χ0n) is 15.9. The highest BCUT2D eigenvalue weighted by molar-refractivity contribution is 7.89. The number of carbonyl (C=O) groups is 1. The Bertz CT molecular complexity index is 807. The predicted molar refractivity (Wildman–Crippen MR) is 105 cm³/mol. The number of carbonyl (C=O) groups excluding carboxylic acids is 1. The van der Waals surface area contributed by atoms with E-state index in [4.69, 9.17) is 7.85 Å². The molecular formula is C20H27BN2O3S. The van der Waals surface area contributed by atoms with Crippen molar-refractivity contribution in [2.45, 2.75) is 62.4 Å². The molecule has 144 valence electrons. The molecule has 0 aliphatic heterocycles. The second kappa shape index (κ2) is 6.62. The third kappa shape index (κ3) is 3.68. The molecule has 7 heteroatoms. The van der Waals surface area contributed by atoms with Crippen LogP contribution in [-0.4, -0.2) is 33.8 Å². The van der Waals surface area contributed by atoms with Crippen molar-refractivity contribution < 1.29 is 13.2 Å². The number of hydrogen-bond donors (Lipinski definition) is 2. The van der Waals surface area contributed by atoms with Crippen LogP contribution in [0.5, 0.6) is 0 Å². The highest BCUT2D eigenvalue weighted by atomic mass is 32.2. The molecule has 0 spiro atoms. The Morgan fingerprint density at radius 3 is 2.04 bits per heavy atom. The Balaban J connectivity index is 1.45. The fourth-order valence-electron chi connectivity index (χ4n) is 5.58. The van der Waals surface area contributed by atoms with E-state index >= 15 is 0 Å². The summed E-state index contributed by atoms with van der Waals surface area (Å²) in [5, 5.41) is 3.20. The van der Waals surface area contributed by atoms with E-state index in [1.54, 1.807) is 13.8 Å². The Morgan fingerprint density at radius 1 is 1.00 bits per heavy atom. The first-order chi connectivity index (χ1) is 12.6. The molecule has 0 heterocycles. The minimum atomic E-state index is -3.81. The second-order valence-electron chi connectivity index (χ2n) is 9.23. The van der Waals surface area contributed by atoms with Crippen LogP contribution in [0.1, 0.15) is 46.0 Å². The first kappa shape index (κ1) is 19.0. The lowest BCUT2D eigenvalue weighted by molar-refractivity contribution is -0.129. The van der Waals surface area contributed by atoms with E-state index in [2.05, 4.69) is 10.0 Å². The van der Waals surface area contributed by atoms with Crippen LogP contribution in [0.25, 0.3) is 0 Å². The SMILES string of the molecule is [B]c1ccc(S(=O)(=O)NC(C)(C)C(=O)NC2C3CC4CC(C3)CC2C4)cc1. The molecule has 0 saturated heterocycles. The smallest absolute Gasteiger partial charge is 0.241 e. The molecule has 4 aliphatic rings. The van der Waals surface area contributed by atoms with E-state index in [1.165, 1.54) is 56.4 Å². The molecule has 1 aromatic carbocycles. The number of amides is 1. The maximum Gasteiger partial charge on any atom is 0.241 e. The Morgan fingerprint density at radius 2 is 1.52 bits per heavy atom. The average Bonchev–Trinajstić information content (AvgIpc) is 2.56. The molecule has 4 bridgehead atoms. The van der Waals surface area contributed by atoms with Gasteiger partial charge in [-0.1, -0.05) is 17.6 Å². The van der Waals surface area contributed by atoms with Crippen molar-refractivity contribution >= 4 is 29.2 Å². The van der Waals surface area contributed by atoms with E-state index in [0.29, 0.717) is 17.3 Å². The normalized spacial score (nSPS) is 32.4. The molecule has 4 fully saturated rings. The van der Waals surface area contributed by atoms with E-state index in [0.717, 1.165) is 11.8 Å². The molecule has 0 aromatic heterocycles. The molecule has 5 nitrogen and oxygen atoms in total. The van der Waals surface area contributed by atoms with Gasteiger partial charge < -0.3 is 5.32 Å². The molecule has 27 heavy (non-hydrogen) atoms. The van der Waals surface area contributed by atoms with Gasteiger partial charge in [0.1, 0.15) is 13.4 Å². The van der Waals surface area contributed by atoms with Gasteiger partial charge in [0.05, 0.1) is 4.90 Å². The lowest BCUT2D eigenvalue weighted by Crippen LogP contribution is -2.62. The quantitative estimate of drug-likeness (QED) is 0.753. The minimum Gasteiger partial charge on any atom is -0.351 e. The van der Waals surface area contributed by atoms with Gasteiger partial charge in [-0.2, -0.15) is 4.72 Å². The van der Waals surface area contributed by atoms with Crippen LogP contribution in [0.3, 0.4) is 0 Å². The third-order valence-corrected chi connectivity index (χ3v) is 8.34. The van der Waals surface area contributed by atoms with E-state index in [1.807, 2.05) is 0 Å². The highest BCUT2D eigenvalue weighted by Gasteiger charge is 2.49. The van der Waals surface area contributed by atoms with Crippen LogP contribution in [0.4, 0.5) is 0 Å². The average molecular weight is 386 g/mol. The molecule has 0 unspecified atom stereocenters. The summed E-state index contributed by atoms with van der Waals surface area (Å²) >= 11 is 0. The number of hydrogen-bond acceptors (Lipinski definition) is 3. The van der Waals surface area contributed by atoms with Crippen molar-refractivity contribution in [1.29, 1.82) is 0 Å². The van der Waals surface area contributed by atoms with Crippen LogP contribution in [0.15, 0.2) is 29.2 Å². The summed E-state index contributed by atoms with van der Waals surface area (Å²) in [4.78, 5) is 13.1. The molecular weight excluding hydrogens is 359 g/mol. The Labute approximate surface area is 163 Å². The van der Waals surface area contributed by atoms with Gasteiger partial charge in [-0.15, -0.1) is 0 Å². The lowest BCUT2D eigenvalue weighted by atomic mass is 9.54. The molecule has 4 aliphatic carbocycles. The Kier molecular flexibility index (Phi) is 4.66. The second-order valence-corrected chi connectivity index (χ2v) is 10.9. The summed E-state index contributed by atoms with van der Waals surface area (Å²) in [5.41, 5.74) is -0.734. The standard InChI is InChI=1S/C20H27BN2O3S/c1-20(2,23-27(25,26)17-5-3-16(21)4-6-17)19(24)22-18-14-8-12-7-13(10-14)11-15(18)9-12/h3-6,12-15,18,23H,7-11H2,1-2H3,(H,22,24). The molecule has 2 radical (unpaired) electrons. The first-order valence-corrected chi connectivity index (χ1v) is 11.3. The van der Waals surface area contributed by atoms with Gasteiger partial charge in [0.2, 0.25) is 15.9 Å². The summed E-state index contributed by atoms with van der Waals surface area (Å²) in [6.07, 6.45) is 6.18. The van der Waals surface area contributed by atoms with Crippen molar-refractivity contribution in [2.24, 2.45) is 23.7 Å². The minimum absolute atomic E-state index is 0.104. The van der Waals surface area contributed by atoms with Crippen LogP contribution < -0.4 is 15.5 Å². The van der Waals surface area contributed by atoms with Crippen LogP contribution in [0.2, 0.25) is 0 Å². The summed E-state index contributed by atoms with van der Waals surface area (Å²) < 4.78 is 27.9. The number of nitrogens with one attached hydrogen (secondary N) is 2. The first-order valence-electron chi connectivity index (χ1n) is 9.84. The molecule has 1 amide bonds. The fraction of sp³-hybridized carbons (Fsp3) is 0.650. The summed E-state index contributed by atoms with van der Waals surface area (Å²) in [7, 11) is 1.82. The van der Waals surface area contributed by atoms with E-state index < -0.39 is 15.6 Å². The van der Waals surface area contributed by atoms with Gasteiger partial charge >= 0.3 is 0 Å². The summed E-state index contributed by atoms with van der Waals surface area (Å²) in [6, 6.07) is 6.16. The molecule has 5 rings (SSSR count). The van der Waals surface area contributed by atoms with Gasteiger partial charge in [-0.25, -0.2) is 8.42 Å². The molecule has 4 saturated carbocycles. The van der Waals surface area contributed by atoms with Crippen molar-refractivity contribution in [3.05, 3.63) is 24.3 Å². The van der Waals surface area contributed by atoms with Crippen LogP contribution >= 0.6 is 0 Å². The maximum absolute atomic E-state index is 13.0. The summed E-state index contributed by atoms with van der Waals surface area (Å²) in [6.45, 7) is 3.24. The predicted octanol–water partition coefficient (Wildman–Crippen LogP) is 1.48. The topological polar surface area (TPSA) is 75.3 Å². The summed E-state index contributed by atoms with van der Waals surface area (Å²) in [5.74, 6) is 2.51. The van der Waals surface area contributed by atoms with Crippen molar-refractivity contribution in [3.63, 3.8) is 0 Å². The molecule has 2 N–H and O–H groups in total. The molecule has 0 atom stereocenters. The maximum atomic E-state index is 13.0. The van der Waals surface area contributed by atoms with Crippen molar-refractivity contribution in [1.82, 2.24) is 10.0 Å². The van der Waals surface area contributed by atoms with Crippen molar-refractivity contribution in [3.8, 4) is 0 Å². The zero-order valence-corrected chi connectivity index (χ0v) is 16.8. The largest absolute Gasteiger partial charge is 0.351 e. The fourth-order valence-corrected chi connectivity index (χ4v) is 6.96. The van der Waals surface area contributed by atoms with Gasteiger partial charge in [-0.05, 0) is 81.8 Å². The lowest BCUT2D eigenvalue weighted by Gasteiger charge is -2.54. The van der Waals surface area contributed by atoms with Gasteiger partial charge in [0.15, 0.2) is 0 Å². The third-order valence-electron chi connectivity index (χ3n) is 6.67. The van der Waals surface area contributed by atoms with E-state index in [-0.39, 0.29) is 16.8 Å². The molecule has 1 aromatic rings. The number of sulfonamides is 1. The van der Waals surface area contributed by atoms with Gasteiger partial charge in [0, 0.05) is 6.04 Å². The van der Waals surface area contributed by atoms with Crippen LogP contribution in [0, 0.1) is 23.7 Å². The van der Waals surface area contributed by atoms with Crippen LogP contribution in [-0.2, 0) is 14.8 Å². The highest BCUT2D eigenvalue weighted by Crippen LogP contribution is 2.53. The number of benzene rings is 1. The number of rotatable bonds is 5. The zero-order chi connectivity index (χ0) is 19.4. The van der Waals surface area contributed by atoms with Crippen molar-refractivity contribution in [2.75, 3.05) is 0 Å². The monoisotopic (exact) mass is 386 g/mol.